The number of hydrogen-bond donors (Lipinski definition) is 1. The van der Waals surface area contributed by atoms with E-state index in [1.54, 1.807) is 0 Å². The first-order valence-electron chi connectivity index (χ1n) is 7.73. The second kappa shape index (κ2) is 7.62. The Bertz CT molecular complexity index is 319. The highest BCUT2D eigenvalue weighted by Gasteiger charge is 2.58. The molecule has 2 unspecified atom stereocenters. The fraction of sp³-hybridized carbons (Fsp3) is 0.933. The van der Waals surface area contributed by atoms with E-state index < -0.39 is 0 Å². The van der Waals surface area contributed by atoms with Gasteiger partial charge in [0.05, 0.1) is 6.10 Å². The molecular weight excluding hydrogens is 276 g/mol. The molecule has 2 N–H and O–H groups in total. The van der Waals surface area contributed by atoms with Gasteiger partial charge in [-0.2, -0.15) is 0 Å². The van der Waals surface area contributed by atoms with Crippen molar-refractivity contribution in [2.45, 2.75) is 64.0 Å². The van der Waals surface area contributed by atoms with Crippen LogP contribution in [0.5, 0.6) is 0 Å². The van der Waals surface area contributed by atoms with Gasteiger partial charge in [0.2, 0.25) is 5.91 Å². The van der Waals surface area contributed by atoms with E-state index in [4.69, 9.17) is 10.5 Å². The van der Waals surface area contributed by atoms with Crippen molar-refractivity contribution in [2.24, 2.45) is 11.1 Å². The van der Waals surface area contributed by atoms with E-state index >= 15 is 0 Å². The zero-order chi connectivity index (χ0) is 13.9. The quantitative estimate of drug-likeness (QED) is 0.819. The number of nitrogens with zero attached hydrogens (tertiary/aromatic N) is 1. The minimum absolute atomic E-state index is 0. The predicted octanol–water partition coefficient (Wildman–Crippen LogP) is 2.34. The SMILES string of the molecule is CCOC1CC(N(C)C(=O)CCCN)C12CCCC2.Cl. The topological polar surface area (TPSA) is 55.6 Å². The van der Waals surface area contributed by atoms with Crippen LogP contribution < -0.4 is 5.73 Å². The molecular formula is C15H29ClN2O2. The molecule has 2 atom stereocenters. The average molecular weight is 305 g/mol. The summed E-state index contributed by atoms with van der Waals surface area (Å²) < 4.78 is 5.90. The number of ether oxygens (including phenoxy) is 1. The third-order valence-electron chi connectivity index (χ3n) is 5.10. The molecule has 2 rings (SSSR count). The molecule has 0 saturated heterocycles. The van der Waals surface area contributed by atoms with Crippen molar-refractivity contribution in [1.82, 2.24) is 4.90 Å². The van der Waals surface area contributed by atoms with Gasteiger partial charge in [-0.25, -0.2) is 0 Å². The Labute approximate surface area is 128 Å². The van der Waals surface area contributed by atoms with Crippen LogP contribution in [0.3, 0.4) is 0 Å². The molecule has 0 aromatic rings. The van der Waals surface area contributed by atoms with Gasteiger partial charge in [-0.1, -0.05) is 12.8 Å². The second-order valence-electron chi connectivity index (χ2n) is 6.03. The summed E-state index contributed by atoms with van der Waals surface area (Å²) in [7, 11) is 1.96. The Hall–Kier alpha value is -0.320. The lowest BCUT2D eigenvalue weighted by molar-refractivity contribution is -0.172. The summed E-state index contributed by atoms with van der Waals surface area (Å²) >= 11 is 0. The van der Waals surface area contributed by atoms with Gasteiger partial charge in [0.1, 0.15) is 0 Å². The van der Waals surface area contributed by atoms with Gasteiger partial charge in [-0.05, 0) is 39.2 Å². The molecule has 0 bridgehead atoms. The molecule has 0 aromatic heterocycles. The van der Waals surface area contributed by atoms with Crippen LogP contribution in [-0.2, 0) is 9.53 Å². The summed E-state index contributed by atoms with van der Waals surface area (Å²) in [5.74, 6) is 0.247. The smallest absolute Gasteiger partial charge is 0.222 e. The van der Waals surface area contributed by atoms with Crippen molar-refractivity contribution in [3.05, 3.63) is 0 Å². The number of halogens is 1. The molecule has 5 heteroatoms. The molecule has 2 aliphatic carbocycles. The first kappa shape index (κ1) is 17.7. The van der Waals surface area contributed by atoms with Crippen LogP contribution in [0.2, 0.25) is 0 Å². The van der Waals surface area contributed by atoms with E-state index in [1.165, 1.54) is 25.7 Å². The van der Waals surface area contributed by atoms with Crippen LogP contribution in [0.4, 0.5) is 0 Å². The summed E-state index contributed by atoms with van der Waals surface area (Å²) in [6.45, 7) is 3.44. The van der Waals surface area contributed by atoms with Crippen LogP contribution in [-0.4, -0.2) is 43.2 Å². The molecule has 4 nitrogen and oxygen atoms in total. The zero-order valence-corrected chi connectivity index (χ0v) is 13.6. The molecule has 0 aromatic carbocycles. The van der Waals surface area contributed by atoms with Crippen LogP contribution in [0, 0.1) is 5.41 Å². The number of carbonyl (C=O) groups is 1. The number of hydrogen-bond acceptors (Lipinski definition) is 3. The first-order valence-corrected chi connectivity index (χ1v) is 7.73. The lowest BCUT2D eigenvalue weighted by Gasteiger charge is -2.57. The van der Waals surface area contributed by atoms with Crippen molar-refractivity contribution in [1.29, 1.82) is 0 Å². The second-order valence-corrected chi connectivity index (χ2v) is 6.03. The van der Waals surface area contributed by atoms with Gasteiger partial charge < -0.3 is 15.4 Å². The molecule has 1 amide bonds. The lowest BCUT2D eigenvalue weighted by Crippen LogP contribution is -2.64. The molecule has 118 valence electrons. The largest absolute Gasteiger partial charge is 0.378 e. The van der Waals surface area contributed by atoms with Crippen molar-refractivity contribution >= 4 is 18.3 Å². The van der Waals surface area contributed by atoms with Crippen LogP contribution in [0.25, 0.3) is 0 Å². The summed E-state index contributed by atoms with van der Waals surface area (Å²) in [5.41, 5.74) is 5.74. The molecule has 0 aliphatic heterocycles. The van der Waals surface area contributed by atoms with Crippen LogP contribution in [0.15, 0.2) is 0 Å². The van der Waals surface area contributed by atoms with Gasteiger partial charge in [0.15, 0.2) is 0 Å². The maximum atomic E-state index is 12.2. The zero-order valence-electron chi connectivity index (χ0n) is 12.8. The maximum Gasteiger partial charge on any atom is 0.222 e. The Morgan fingerprint density at radius 2 is 2.05 bits per heavy atom. The fourth-order valence-corrected chi connectivity index (χ4v) is 4.00. The minimum Gasteiger partial charge on any atom is -0.378 e. The van der Waals surface area contributed by atoms with E-state index in [1.807, 2.05) is 11.9 Å². The van der Waals surface area contributed by atoms with Crippen molar-refractivity contribution < 1.29 is 9.53 Å². The Morgan fingerprint density at radius 1 is 1.40 bits per heavy atom. The van der Waals surface area contributed by atoms with E-state index in [2.05, 4.69) is 6.92 Å². The van der Waals surface area contributed by atoms with E-state index in [-0.39, 0.29) is 23.7 Å². The van der Waals surface area contributed by atoms with E-state index in [9.17, 15) is 4.79 Å². The van der Waals surface area contributed by atoms with E-state index in [0.29, 0.717) is 25.1 Å². The minimum atomic E-state index is 0. The molecule has 2 aliphatic rings. The molecule has 20 heavy (non-hydrogen) atoms. The molecule has 0 radical (unpaired) electrons. The summed E-state index contributed by atoms with van der Waals surface area (Å²) in [6.07, 6.45) is 7.76. The van der Waals surface area contributed by atoms with E-state index in [0.717, 1.165) is 19.4 Å². The highest BCUT2D eigenvalue weighted by atomic mass is 35.5. The first-order chi connectivity index (χ1) is 9.15. The van der Waals surface area contributed by atoms with Gasteiger partial charge in [-0.3, -0.25) is 4.79 Å². The lowest BCUT2D eigenvalue weighted by atomic mass is 9.60. The van der Waals surface area contributed by atoms with Crippen molar-refractivity contribution in [3.63, 3.8) is 0 Å². The fourth-order valence-electron chi connectivity index (χ4n) is 4.00. The third kappa shape index (κ3) is 3.12. The Balaban J connectivity index is 0.00000200. The van der Waals surface area contributed by atoms with Gasteiger partial charge in [0.25, 0.3) is 0 Å². The molecule has 1 spiro atoms. The molecule has 2 fully saturated rings. The van der Waals surface area contributed by atoms with Gasteiger partial charge >= 0.3 is 0 Å². The van der Waals surface area contributed by atoms with Gasteiger partial charge in [0, 0.05) is 31.5 Å². The van der Waals surface area contributed by atoms with Crippen LogP contribution in [0.1, 0.15) is 51.9 Å². The summed E-state index contributed by atoms with van der Waals surface area (Å²) in [5, 5.41) is 0. The predicted molar refractivity (Wildman–Crippen MR) is 83.0 cm³/mol. The van der Waals surface area contributed by atoms with Crippen molar-refractivity contribution in [3.8, 4) is 0 Å². The Morgan fingerprint density at radius 3 is 2.60 bits per heavy atom. The molecule has 2 saturated carbocycles. The average Bonchev–Trinajstić information content (AvgIpc) is 2.92. The van der Waals surface area contributed by atoms with Crippen molar-refractivity contribution in [2.75, 3.05) is 20.2 Å². The standard InChI is InChI=1S/C15H28N2O2.ClH/c1-3-19-13-11-12(15(13)8-4-5-9-15)17(2)14(18)7-6-10-16;/h12-13H,3-11,16H2,1-2H3;1H. The van der Waals surface area contributed by atoms with Gasteiger partial charge in [-0.15, -0.1) is 12.4 Å². The number of nitrogens with two attached hydrogens (primary N) is 1. The summed E-state index contributed by atoms with van der Waals surface area (Å²) in [4.78, 5) is 14.2. The number of carbonyl (C=O) groups excluding carboxylic acids is 1. The Kier molecular flexibility index (Phi) is 6.76. The monoisotopic (exact) mass is 304 g/mol. The van der Waals surface area contributed by atoms with Crippen LogP contribution >= 0.6 is 12.4 Å². The number of rotatable bonds is 6. The highest BCUT2D eigenvalue weighted by Crippen LogP contribution is 2.56. The normalized spacial score (nSPS) is 26.9. The third-order valence-corrected chi connectivity index (χ3v) is 5.10. The highest BCUT2D eigenvalue weighted by molar-refractivity contribution is 5.85. The maximum absolute atomic E-state index is 12.2. The summed E-state index contributed by atoms with van der Waals surface area (Å²) in [6, 6.07) is 0.386. The molecule has 0 heterocycles. The number of amides is 1.